The van der Waals surface area contributed by atoms with E-state index in [1.165, 1.54) is 7.11 Å². The van der Waals surface area contributed by atoms with Crippen molar-refractivity contribution in [3.8, 4) is 11.5 Å². The van der Waals surface area contributed by atoms with Gasteiger partial charge in [-0.25, -0.2) is 8.42 Å². The highest BCUT2D eigenvalue weighted by Crippen LogP contribution is 2.25. The second-order valence-electron chi connectivity index (χ2n) is 4.13. The highest BCUT2D eigenvalue weighted by molar-refractivity contribution is 7.91. The monoisotopic (exact) mass is 301 g/mol. The Labute approximate surface area is 118 Å². The molecule has 20 heavy (non-hydrogen) atoms. The van der Waals surface area contributed by atoms with Crippen molar-refractivity contribution in [2.24, 2.45) is 5.16 Å². The largest absolute Gasteiger partial charge is 0.497 e. The van der Waals surface area contributed by atoms with Crippen molar-refractivity contribution in [3.63, 3.8) is 0 Å². The molecule has 7 heteroatoms. The molecule has 1 aromatic rings. The molecule has 0 spiro atoms. The number of sulfone groups is 1. The van der Waals surface area contributed by atoms with Gasteiger partial charge in [0, 0.05) is 17.4 Å². The molecule has 0 aromatic heterocycles. The molecule has 1 aromatic carbocycles. The fourth-order valence-electron chi connectivity index (χ4n) is 1.52. The van der Waals surface area contributed by atoms with Gasteiger partial charge in [0.2, 0.25) is 0 Å². The number of benzene rings is 1. The Morgan fingerprint density at radius 2 is 2.10 bits per heavy atom. The molecule has 0 aliphatic rings. The van der Waals surface area contributed by atoms with Gasteiger partial charge in [-0.05, 0) is 19.1 Å². The van der Waals surface area contributed by atoms with E-state index in [2.05, 4.69) is 5.16 Å². The lowest BCUT2D eigenvalue weighted by Gasteiger charge is -2.12. The SMILES string of the molecule is CCS(=O)(=O)CCOc1cc(OC)ccc1/C(C)=N/O. The molecule has 0 aliphatic carbocycles. The quantitative estimate of drug-likeness (QED) is 0.471. The third-order valence-electron chi connectivity index (χ3n) is 2.82. The first-order chi connectivity index (χ1) is 9.43. The molecule has 112 valence electrons. The van der Waals surface area contributed by atoms with Gasteiger partial charge in [-0.15, -0.1) is 0 Å². The number of hydrogen-bond acceptors (Lipinski definition) is 6. The number of oxime groups is 1. The minimum absolute atomic E-state index is 0.0368. The maximum absolute atomic E-state index is 11.4. The zero-order valence-corrected chi connectivity index (χ0v) is 12.6. The van der Waals surface area contributed by atoms with Gasteiger partial charge >= 0.3 is 0 Å². The average molecular weight is 301 g/mol. The van der Waals surface area contributed by atoms with Crippen LogP contribution < -0.4 is 9.47 Å². The first kappa shape index (κ1) is 16.3. The molecule has 0 amide bonds. The molecule has 0 atom stereocenters. The maximum Gasteiger partial charge on any atom is 0.153 e. The van der Waals surface area contributed by atoms with Gasteiger partial charge in [0.1, 0.15) is 18.1 Å². The van der Waals surface area contributed by atoms with Crippen LogP contribution in [0.5, 0.6) is 11.5 Å². The molecular formula is C13H19NO5S. The van der Waals surface area contributed by atoms with Crippen molar-refractivity contribution in [2.45, 2.75) is 13.8 Å². The molecule has 0 aliphatic heterocycles. The summed E-state index contributed by atoms with van der Waals surface area (Å²) in [4.78, 5) is 0. The topological polar surface area (TPSA) is 85.2 Å². The summed E-state index contributed by atoms with van der Waals surface area (Å²) in [5.41, 5.74) is 0.961. The Morgan fingerprint density at radius 3 is 2.65 bits per heavy atom. The van der Waals surface area contributed by atoms with Crippen LogP contribution in [0.2, 0.25) is 0 Å². The van der Waals surface area contributed by atoms with Crippen LogP contribution in [0.1, 0.15) is 19.4 Å². The summed E-state index contributed by atoms with van der Waals surface area (Å²) in [6.45, 7) is 3.25. The average Bonchev–Trinajstić information content (AvgIpc) is 2.46. The van der Waals surface area contributed by atoms with E-state index >= 15 is 0 Å². The van der Waals surface area contributed by atoms with Gasteiger partial charge in [0.15, 0.2) is 9.84 Å². The van der Waals surface area contributed by atoms with Gasteiger partial charge in [-0.2, -0.15) is 0 Å². The van der Waals surface area contributed by atoms with Crippen molar-refractivity contribution in [1.29, 1.82) is 0 Å². The molecule has 6 nitrogen and oxygen atoms in total. The zero-order chi connectivity index (χ0) is 15.2. The lowest BCUT2D eigenvalue weighted by atomic mass is 10.1. The van der Waals surface area contributed by atoms with Crippen LogP contribution in [0, 0.1) is 0 Å². The lowest BCUT2D eigenvalue weighted by Crippen LogP contribution is -2.16. The number of methoxy groups -OCH3 is 1. The Balaban J connectivity index is 2.91. The van der Waals surface area contributed by atoms with Crippen LogP contribution in [0.15, 0.2) is 23.4 Å². The number of ether oxygens (including phenoxy) is 2. The first-order valence-corrected chi connectivity index (χ1v) is 7.96. The molecule has 0 saturated heterocycles. The van der Waals surface area contributed by atoms with Crippen LogP contribution >= 0.6 is 0 Å². The fourth-order valence-corrected chi connectivity index (χ4v) is 2.15. The highest BCUT2D eigenvalue weighted by atomic mass is 32.2. The lowest BCUT2D eigenvalue weighted by molar-refractivity contribution is 0.317. The Bertz CT molecular complexity index is 580. The summed E-state index contributed by atoms with van der Waals surface area (Å²) in [6.07, 6.45) is 0. The third kappa shape index (κ3) is 4.41. The predicted molar refractivity (Wildman–Crippen MR) is 76.8 cm³/mol. The molecule has 0 bridgehead atoms. The van der Waals surface area contributed by atoms with E-state index in [9.17, 15) is 8.42 Å². The van der Waals surface area contributed by atoms with E-state index in [4.69, 9.17) is 14.7 Å². The van der Waals surface area contributed by atoms with E-state index in [-0.39, 0.29) is 18.1 Å². The van der Waals surface area contributed by atoms with Crippen LogP contribution in [0.4, 0.5) is 0 Å². The second-order valence-corrected chi connectivity index (χ2v) is 6.61. The first-order valence-electron chi connectivity index (χ1n) is 6.13. The van der Waals surface area contributed by atoms with E-state index in [1.807, 2.05) is 0 Å². The maximum atomic E-state index is 11.4. The van der Waals surface area contributed by atoms with Gasteiger partial charge in [0.05, 0.1) is 18.6 Å². The number of rotatable bonds is 7. The van der Waals surface area contributed by atoms with E-state index < -0.39 is 9.84 Å². The van der Waals surface area contributed by atoms with Gasteiger partial charge < -0.3 is 14.7 Å². The molecule has 0 fully saturated rings. The molecular weight excluding hydrogens is 282 g/mol. The minimum atomic E-state index is -3.08. The highest BCUT2D eigenvalue weighted by Gasteiger charge is 2.12. The number of nitrogens with zero attached hydrogens (tertiary/aromatic N) is 1. The standard InChI is InChI=1S/C13H19NO5S/c1-4-20(16,17)8-7-19-13-9-11(18-3)5-6-12(13)10(2)14-15/h5-6,9,15H,4,7-8H2,1-3H3/b14-10+. The molecule has 1 N–H and O–H groups in total. The smallest absolute Gasteiger partial charge is 0.153 e. The molecule has 1 rings (SSSR count). The Hall–Kier alpha value is -1.76. The predicted octanol–water partition coefficient (Wildman–Crippen LogP) is 1.71. The summed E-state index contributed by atoms with van der Waals surface area (Å²) in [5, 5.41) is 12.0. The van der Waals surface area contributed by atoms with E-state index in [0.717, 1.165) is 0 Å². The summed E-state index contributed by atoms with van der Waals surface area (Å²) >= 11 is 0. The summed E-state index contributed by atoms with van der Waals surface area (Å²) in [7, 11) is -1.56. The summed E-state index contributed by atoms with van der Waals surface area (Å²) in [6, 6.07) is 5.03. The van der Waals surface area contributed by atoms with Crippen molar-refractivity contribution in [1.82, 2.24) is 0 Å². The molecule has 0 unspecified atom stereocenters. The van der Waals surface area contributed by atoms with Crippen LogP contribution in [-0.2, 0) is 9.84 Å². The summed E-state index contributed by atoms with van der Waals surface area (Å²) in [5.74, 6) is 1.02. The van der Waals surface area contributed by atoms with E-state index in [1.54, 1.807) is 32.0 Å². The van der Waals surface area contributed by atoms with Crippen LogP contribution in [-0.4, -0.2) is 44.6 Å². The second kappa shape index (κ2) is 7.14. The van der Waals surface area contributed by atoms with Crippen molar-refractivity contribution >= 4 is 15.5 Å². The Morgan fingerprint density at radius 1 is 1.40 bits per heavy atom. The van der Waals surface area contributed by atoms with Crippen molar-refractivity contribution < 1.29 is 23.1 Å². The summed E-state index contributed by atoms with van der Waals surface area (Å²) < 4.78 is 33.4. The normalized spacial score (nSPS) is 12.2. The molecule has 0 saturated carbocycles. The van der Waals surface area contributed by atoms with Crippen LogP contribution in [0.3, 0.4) is 0 Å². The van der Waals surface area contributed by atoms with Crippen LogP contribution in [0.25, 0.3) is 0 Å². The van der Waals surface area contributed by atoms with Gasteiger partial charge in [-0.1, -0.05) is 12.1 Å². The Kier molecular flexibility index (Phi) is 5.82. The van der Waals surface area contributed by atoms with Crippen molar-refractivity contribution in [3.05, 3.63) is 23.8 Å². The third-order valence-corrected chi connectivity index (χ3v) is 4.49. The van der Waals surface area contributed by atoms with Gasteiger partial charge in [0.25, 0.3) is 0 Å². The fraction of sp³-hybridized carbons (Fsp3) is 0.462. The minimum Gasteiger partial charge on any atom is -0.497 e. The van der Waals surface area contributed by atoms with Crippen molar-refractivity contribution in [2.75, 3.05) is 25.2 Å². The molecule has 0 radical (unpaired) electrons. The van der Waals surface area contributed by atoms with Gasteiger partial charge in [-0.3, -0.25) is 0 Å². The zero-order valence-electron chi connectivity index (χ0n) is 11.8. The van der Waals surface area contributed by atoms with E-state index in [0.29, 0.717) is 22.8 Å². The number of hydrogen-bond donors (Lipinski definition) is 1. The molecule has 0 heterocycles.